The zero-order valence-corrected chi connectivity index (χ0v) is 15.3. The molecule has 2 aromatic carbocycles. The molecule has 1 heterocycles. The first-order valence-electron chi connectivity index (χ1n) is 8.12. The Morgan fingerprint density at radius 2 is 1.48 bits per heavy atom. The van der Waals surface area contributed by atoms with Crippen molar-refractivity contribution in [3.8, 4) is 0 Å². The number of allylic oxidation sites excluding steroid dienone is 1. The largest absolute Gasteiger partial charge is 0.275 e. The number of halogens is 1. The highest BCUT2D eigenvalue weighted by Gasteiger charge is 2.35. The Hall–Kier alpha value is -2.46. The molecular formula is C21H18BrNO2. The molecule has 126 valence electrons. The fourth-order valence-electron chi connectivity index (χ4n) is 2.95. The van der Waals surface area contributed by atoms with Crippen LogP contribution in [0.3, 0.4) is 0 Å². The Labute approximate surface area is 155 Å². The first-order chi connectivity index (χ1) is 12.2. The summed E-state index contributed by atoms with van der Waals surface area (Å²) in [5, 5.41) is 0.700. The van der Waals surface area contributed by atoms with Crippen molar-refractivity contribution < 1.29 is 9.59 Å². The first-order valence-corrected chi connectivity index (χ1v) is 9.24. The molecule has 2 amide bonds. The average Bonchev–Trinajstić information content (AvgIpc) is 2.92. The van der Waals surface area contributed by atoms with E-state index in [-0.39, 0.29) is 18.2 Å². The number of likely N-dealkylation sites (tertiary alicyclic amines) is 1. The summed E-state index contributed by atoms with van der Waals surface area (Å²) in [6.45, 7) is 0.309. The molecule has 0 aliphatic carbocycles. The lowest BCUT2D eigenvalue weighted by atomic mass is 9.92. The summed E-state index contributed by atoms with van der Waals surface area (Å²) < 4.78 is 0. The molecule has 1 aliphatic heterocycles. The minimum atomic E-state index is -0.202. The second-order valence-electron chi connectivity index (χ2n) is 5.70. The van der Waals surface area contributed by atoms with Gasteiger partial charge < -0.3 is 0 Å². The van der Waals surface area contributed by atoms with Gasteiger partial charge in [-0.2, -0.15) is 0 Å². The molecule has 0 unspecified atom stereocenters. The third-order valence-electron chi connectivity index (χ3n) is 4.10. The van der Waals surface area contributed by atoms with Crippen LogP contribution >= 0.6 is 15.9 Å². The summed E-state index contributed by atoms with van der Waals surface area (Å²) >= 11 is 3.30. The molecule has 0 radical (unpaired) electrons. The van der Waals surface area contributed by atoms with Crippen molar-refractivity contribution in [1.82, 2.24) is 4.90 Å². The van der Waals surface area contributed by atoms with E-state index in [0.29, 0.717) is 17.4 Å². The normalized spacial score (nSPS) is 14.6. The van der Waals surface area contributed by atoms with Crippen LogP contribution in [0.4, 0.5) is 0 Å². The highest BCUT2D eigenvalue weighted by atomic mass is 79.9. The third kappa shape index (κ3) is 3.80. The van der Waals surface area contributed by atoms with Gasteiger partial charge >= 0.3 is 0 Å². The van der Waals surface area contributed by atoms with Crippen molar-refractivity contribution in [2.45, 2.75) is 6.42 Å². The number of rotatable bonds is 5. The molecule has 1 aliphatic rings. The molecule has 0 atom stereocenters. The molecule has 0 aromatic heterocycles. The molecule has 25 heavy (non-hydrogen) atoms. The van der Waals surface area contributed by atoms with Crippen LogP contribution in [0.15, 0.2) is 78.4 Å². The van der Waals surface area contributed by atoms with Crippen LogP contribution in [-0.2, 0) is 9.59 Å². The highest BCUT2D eigenvalue weighted by Crippen LogP contribution is 2.33. The zero-order chi connectivity index (χ0) is 17.6. The van der Waals surface area contributed by atoms with Crippen LogP contribution in [0.1, 0.15) is 17.5 Å². The predicted molar refractivity (Wildman–Crippen MR) is 103 cm³/mol. The Morgan fingerprint density at radius 1 is 0.920 bits per heavy atom. The minimum Gasteiger partial charge on any atom is -0.275 e. The second kappa shape index (κ2) is 8.08. The number of carbonyl (C=O) groups is 2. The van der Waals surface area contributed by atoms with Gasteiger partial charge in [-0.15, -0.1) is 0 Å². The quantitative estimate of drug-likeness (QED) is 0.329. The second-order valence-corrected chi connectivity index (χ2v) is 6.35. The lowest BCUT2D eigenvalue weighted by molar-refractivity contribution is -0.136. The monoisotopic (exact) mass is 395 g/mol. The number of alkyl halides is 1. The fourth-order valence-corrected chi connectivity index (χ4v) is 3.21. The lowest BCUT2D eigenvalue weighted by Crippen LogP contribution is -2.29. The van der Waals surface area contributed by atoms with E-state index in [4.69, 9.17) is 0 Å². The summed E-state index contributed by atoms with van der Waals surface area (Å²) in [5.41, 5.74) is 3.30. The molecule has 3 nitrogen and oxygen atoms in total. The predicted octanol–water partition coefficient (Wildman–Crippen LogP) is 4.20. The van der Waals surface area contributed by atoms with E-state index in [1.807, 2.05) is 72.8 Å². The summed E-state index contributed by atoms with van der Waals surface area (Å²) in [7, 11) is 0. The summed E-state index contributed by atoms with van der Waals surface area (Å²) in [6.07, 6.45) is 3.86. The number of nitrogens with zero attached hydrogens (tertiary/aromatic N) is 1. The van der Waals surface area contributed by atoms with E-state index in [0.717, 1.165) is 16.7 Å². The molecule has 2 aromatic rings. The van der Waals surface area contributed by atoms with E-state index in [2.05, 4.69) is 15.9 Å². The number of carbonyl (C=O) groups excluding carboxylic acids is 2. The molecule has 0 N–H and O–H groups in total. The van der Waals surface area contributed by atoms with Crippen molar-refractivity contribution in [2.24, 2.45) is 0 Å². The number of hydrogen-bond donors (Lipinski definition) is 0. The number of amides is 2. The molecule has 0 spiro atoms. The van der Waals surface area contributed by atoms with Gasteiger partial charge in [0.25, 0.3) is 5.91 Å². The molecule has 3 rings (SSSR count). The third-order valence-corrected chi connectivity index (χ3v) is 4.48. The van der Waals surface area contributed by atoms with Crippen molar-refractivity contribution in [1.29, 1.82) is 0 Å². The number of imide groups is 1. The van der Waals surface area contributed by atoms with Gasteiger partial charge in [-0.05, 0) is 16.7 Å². The maximum absolute atomic E-state index is 12.9. The van der Waals surface area contributed by atoms with E-state index in [9.17, 15) is 9.59 Å². The van der Waals surface area contributed by atoms with Crippen molar-refractivity contribution in [3.63, 3.8) is 0 Å². The Morgan fingerprint density at radius 3 is 2.00 bits per heavy atom. The van der Waals surface area contributed by atoms with Crippen LogP contribution < -0.4 is 0 Å². The van der Waals surface area contributed by atoms with Gasteiger partial charge in [-0.1, -0.05) is 88.7 Å². The van der Waals surface area contributed by atoms with Gasteiger partial charge in [0.2, 0.25) is 5.91 Å². The Balaban J connectivity index is 2.08. The summed E-state index contributed by atoms with van der Waals surface area (Å²) in [4.78, 5) is 26.6. The first kappa shape index (κ1) is 17.4. The Bertz CT molecular complexity index is 784. The van der Waals surface area contributed by atoms with Crippen molar-refractivity contribution in [2.75, 3.05) is 11.9 Å². The van der Waals surface area contributed by atoms with Crippen molar-refractivity contribution in [3.05, 3.63) is 89.5 Å². The maximum Gasteiger partial charge on any atom is 0.257 e. The lowest BCUT2D eigenvalue weighted by Gasteiger charge is -2.13. The molecule has 1 saturated heterocycles. The van der Waals surface area contributed by atoms with Crippen LogP contribution in [0.2, 0.25) is 0 Å². The maximum atomic E-state index is 12.9. The average molecular weight is 396 g/mol. The van der Waals surface area contributed by atoms with Crippen LogP contribution in [0.25, 0.3) is 5.57 Å². The smallest absolute Gasteiger partial charge is 0.257 e. The van der Waals surface area contributed by atoms with E-state index < -0.39 is 0 Å². The van der Waals surface area contributed by atoms with Gasteiger partial charge in [-0.3, -0.25) is 14.5 Å². The SMILES string of the molecule is O=C1CC(=C(c2ccccc2)c2ccccc2)C(=O)N1C/C=C/CBr. The van der Waals surface area contributed by atoms with Gasteiger partial charge in [0.05, 0.1) is 6.42 Å². The summed E-state index contributed by atoms with van der Waals surface area (Å²) in [6, 6.07) is 19.5. The van der Waals surface area contributed by atoms with Crippen LogP contribution in [0, 0.1) is 0 Å². The molecule has 1 fully saturated rings. The van der Waals surface area contributed by atoms with Crippen LogP contribution in [-0.4, -0.2) is 28.6 Å². The van der Waals surface area contributed by atoms with Gasteiger partial charge in [-0.25, -0.2) is 0 Å². The van der Waals surface area contributed by atoms with Crippen LogP contribution in [0.5, 0.6) is 0 Å². The topological polar surface area (TPSA) is 37.4 Å². The molecule has 0 saturated carbocycles. The summed E-state index contributed by atoms with van der Waals surface area (Å²) in [5.74, 6) is -0.351. The standard InChI is InChI=1S/C21H18BrNO2/c22-13-7-8-14-23-19(24)15-18(21(23)25)20(16-9-3-1-4-10-16)17-11-5-2-6-12-17/h1-12H,13-15H2/b8-7+. The zero-order valence-electron chi connectivity index (χ0n) is 13.7. The highest BCUT2D eigenvalue weighted by molar-refractivity contribution is 9.09. The Kier molecular flexibility index (Phi) is 5.61. The van der Waals surface area contributed by atoms with Gasteiger partial charge in [0, 0.05) is 17.4 Å². The van der Waals surface area contributed by atoms with E-state index in [1.165, 1.54) is 4.90 Å². The molecule has 4 heteroatoms. The minimum absolute atomic E-state index is 0.139. The number of hydrogen-bond acceptors (Lipinski definition) is 2. The van der Waals surface area contributed by atoms with Gasteiger partial charge in [0.15, 0.2) is 0 Å². The molecule has 0 bridgehead atoms. The number of benzene rings is 2. The van der Waals surface area contributed by atoms with E-state index in [1.54, 1.807) is 0 Å². The van der Waals surface area contributed by atoms with E-state index >= 15 is 0 Å². The fraction of sp³-hybridized carbons (Fsp3) is 0.143. The molecular weight excluding hydrogens is 378 g/mol. The van der Waals surface area contributed by atoms with Crippen molar-refractivity contribution >= 4 is 33.3 Å². The van der Waals surface area contributed by atoms with Gasteiger partial charge in [0.1, 0.15) is 0 Å².